The first-order valence-corrected chi connectivity index (χ1v) is 5.72. The quantitative estimate of drug-likeness (QED) is 0.704. The molecule has 1 heterocycles. The Morgan fingerprint density at radius 3 is 2.71 bits per heavy atom. The Morgan fingerprint density at radius 1 is 1.36 bits per heavy atom. The van der Waals surface area contributed by atoms with Gasteiger partial charge in [-0.25, -0.2) is 0 Å². The van der Waals surface area contributed by atoms with E-state index in [4.69, 9.17) is 4.74 Å². The molecule has 3 heteroatoms. The topological polar surface area (TPSA) is 24.5 Å². The molecule has 0 aromatic rings. The van der Waals surface area contributed by atoms with E-state index in [1.165, 1.54) is 32.4 Å². The number of nitrogens with zero attached hydrogens (tertiary/aromatic N) is 1. The third-order valence-corrected chi connectivity index (χ3v) is 3.31. The smallest absolute Gasteiger partial charge is 0.0711 e. The molecule has 14 heavy (non-hydrogen) atoms. The number of hydrogen-bond donors (Lipinski definition) is 1. The van der Waals surface area contributed by atoms with E-state index in [1.807, 2.05) is 7.11 Å². The van der Waals surface area contributed by atoms with E-state index in [9.17, 15) is 0 Å². The summed E-state index contributed by atoms with van der Waals surface area (Å²) in [5.74, 6) is 1.000. The SMILES string of the molecule is COC1CNC(CN(C)CC2CC2)C1. The van der Waals surface area contributed by atoms with Crippen molar-refractivity contribution in [1.29, 1.82) is 0 Å². The van der Waals surface area contributed by atoms with Crippen LogP contribution in [0.15, 0.2) is 0 Å². The molecule has 1 N–H and O–H groups in total. The largest absolute Gasteiger partial charge is 0.380 e. The molecule has 1 aliphatic carbocycles. The molecule has 0 aromatic carbocycles. The standard InChI is InChI=1S/C11H22N2O/c1-13(7-9-3-4-9)8-10-5-11(14-2)6-12-10/h9-12H,3-8H2,1-2H3. The van der Waals surface area contributed by atoms with E-state index >= 15 is 0 Å². The van der Waals surface area contributed by atoms with Crippen molar-refractivity contribution in [3.8, 4) is 0 Å². The van der Waals surface area contributed by atoms with Gasteiger partial charge in [0.15, 0.2) is 0 Å². The number of nitrogens with one attached hydrogen (secondary N) is 1. The predicted molar refractivity (Wildman–Crippen MR) is 57.4 cm³/mol. The summed E-state index contributed by atoms with van der Waals surface area (Å²) in [5.41, 5.74) is 0. The highest BCUT2D eigenvalue weighted by Crippen LogP contribution is 2.29. The molecule has 0 radical (unpaired) electrons. The summed E-state index contributed by atoms with van der Waals surface area (Å²) in [6, 6.07) is 0.642. The first kappa shape index (κ1) is 10.4. The van der Waals surface area contributed by atoms with Gasteiger partial charge in [-0.1, -0.05) is 0 Å². The third-order valence-electron chi connectivity index (χ3n) is 3.31. The predicted octanol–water partition coefficient (Wildman–Crippen LogP) is 0.705. The van der Waals surface area contributed by atoms with Crippen LogP contribution in [-0.4, -0.2) is 50.8 Å². The Kier molecular flexibility index (Phi) is 3.42. The van der Waals surface area contributed by atoms with Crippen LogP contribution >= 0.6 is 0 Å². The number of ether oxygens (including phenoxy) is 1. The van der Waals surface area contributed by atoms with Crippen LogP contribution in [0.25, 0.3) is 0 Å². The van der Waals surface area contributed by atoms with Gasteiger partial charge in [0, 0.05) is 32.8 Å². The Hall–Kier alpha value is -0.120. The maximum atomic E-state index is 5.34. The normalized spacial score (nSPS) is 32.8. The maximum absolute atomic E-state index is 5.34. The summed E-state index contributed by atoms with van der Waals surface area (Å²) in [6.45, 7) is 3.49. The van der Waals surface area contributed by atoms with Crippen LogP contribution in [0.4, 0.5) is 0 Å². The van der Waals surface area contributed by atoms with Crippen LogP contribution in [0, 0.1) is 5.92 Å². The molecule has 2 atom stereocenters. The monoisotopic (exact) mass is 198 g/mol. The maximum Gasteiger partial charge on any atom is 0.0711 e. The fourth-order valence-corrected chi connectivity index (χ4v) is 2.29. The molecule has 1 saturated heterocycles. The Balaban J connectivity index is 1.64. The molecular formula is C11H22N2O. The van der Waals surface area contributed by atoms with Gasteiger partial charge >= 0.3 is 0 Å². The van der Waals surface area contributed by atoms with Gasteiger partial charge in [-0.3, -0.25) is 0 Å². The number of hydrogen-bond acceptors (Lipinski definition) is 3. The summed E-state index contributed by atoms with van der Waals surface area (Å²) < 4.78 is 5.34. The minimum Gasteiger partial charge on any atom is -0.380 e. The van der Waals surface area contributed by atoms with Gasteiger partial charge in [0.25, 0.3) is 0 Å². The van der Waals surface area contributed by atoms with Crippen molar-refractivity contribution in [3.63, 3.8) is 0 Å². The molecule has 1 saturated carbocycles. The van der Waals surface area contributed by atoms with E-state index in [2.05, 4.69) is 17.3 Å². The fourth-order valence-electron chi connectivity index (χ4n) is 2.29. The van der Waals surface area contributed by atoms with Gasteiger partial charge in [-0.2, -0.15) is 0 Å². The molecule has 2 rings (SSSR count). The van der Waals surface area contributed by atoms with Crippen LogP contribution < -0.4 is 5.32 Å². The minimum atomic E-state index is 0.439. The van der Waals surface area contributed by atoms with Crippen molar-refractivity contribution in [2.45, 2.75) is 31.4 Å². The molecular weight excluding hydrogens is 176 g/mol. The number of methoxy groups -OCH3 is 1. The van der Waals surface area contributed by atoms with E-state index in [0.29, 0.717) is 12.1 Å². The van der Waals surface area contributed by atoms with E-state index in [1.54, 1.807) is 0 Å². The van der Waals surface area contributed by atoms with Crippen LogP contribution in [0.3, 0.4) is 0 Å². The molecule has 0 aromatic heterocycles. The summed E-state index contributed by atoms with van der Waals surface area (Å²) in [6.07, 6.45) is 4.51. The second kappa shape index (κ2) is 4.60. The van der Waals surface area contributed by atoms with Crippen molar-refractivity contribution in [2.75, 3.05) is 33.8 Å². The van der Waals surface area contributed by atoms with Crippen molar-refractivity contribution < 1.29 is 4.74 Å². The van der Waals surface area contributed by atoms with Crippen LogP contribution in [0.1, 0.15) is 19.3 Å². The molecule has 0 spiro atoms. The molecule has 2 aliphatic rings. The van der Waals surface area contributed by atoms with E-state index < -0.39 is 0 Å². The van der Waals surface area contributed by atoms with Crippen molar-refractivity contribution >= 4 is 0 Å². The van der Waals surface area contributed by atoms with Crippen LogP contribution in [-0.2, 0) is 4.74 Å². The molecule has 82 valence electrons. The first-order valence-electron chi connectivity index (χ1n) is 5.72. The molecule has 2 fully saturated rings. The molecule has 2 unspecified atom stereocenters. The molecule has 3 nitrogen and oxygen atoms in total. The van der Waals surface area contributed by atoms with Crippen molar-refractivity contribution in [3.05, 3.63) is 0 Å². The van der Waals surface area contributed by atoms with Crippen LogP contribution in [0.2, 0.25) is 0 Å². The zero-order valence-corrected chi connectivity index (χ0v) is 9.33. The lowest BCUT2D eigenvalue weighted by Gasteiger charge is -2.20. The Morgan fingerprint density at radius 2 is 2.14 bits per heavy atom. The lowest BCUT2D eigenvalue weighted by atomic mass is 10.2. The second-order valence-electron chi connectivity index (χ2n) is 4.86. The summed E-state index contributed by atoms with van der Waals surface area (Å²) in [7, 11) is 4.04. The molecule has 0 bridgehead atoms. The lowest BCUT2D eigenvalue weighted by molar-refractivity contribution is 0.116. The van der Waals surface area contributed by atoms with Crippen LogP contribution in [0.5, 0.6) is 0 Å². The van der Waals surface area contributed by atoms with Crippen molar-refractivity contribution in [1.82, 2.24) is 10.2 Å². The van der Waals surface area contributed by atoms with E-state index in [-0.39, 0.29) is 0 Å². The highest BCUT2D eigenvalue weighted by atomic mass is 16.5. The van der Waals surface area contributed by atoms with Gasteiger partial charge in [-0.15, -0.1) is 0 Å². The number of rotatable bonds is 5. The highest BCUT2D eigenvalue weighted by molar-refractivity contribution is 4.85. The van der Waals surface area contributed by atoms with Crippen molar-refractivity contribution in [2.24, 2.45) is 5.92 Å². The molecule has 1 aliphatic heterocycles. The average molecular weight is 198 g/mol. The highest BCUT2D eigenvalue weighted by Gasteiger charge is 2.27. The fraction of sp³-hybridized carbons (Fsp3) is 1.00. The van der Waals surface area contributed by atoms with Gasteiger partial charge in [0.05, 0.1) is 6.10 Å². The Labute approximate surface area is 86.8 Å². The molecule has 0 amide bonds. The van der Waals surface area contributed by atoms with Gasteiger partial charge in [-0.05, 0) is 32.2 Å². The van der Waals surface area contributed by atoms with Gasteiger partial charge in [0.2, 0.25) is 0 Å². The average Bonchev–Trinajstić information content (AvgIpc) is 2.83. The second-order valence-corrected chi connectivity index (χ2v) is 4.86. The zero-order valence-electron chi connectivity index (χ0n) is 9.33. The van der Waals surface area contributed by atoms with Gasteiger partial charge < -0.3 is 15.0 Å². The number of likely N-dealkylation sites (N-methyl/N-ethyl adjacent to an activating group) is 1. The van der Waals surface area contributed by atoms with E-state index in [0.717, 1.165) is 12.5 Å². The lowest BCUT2D eigenvalue weighted by Crippen LogP contribution is -2.36. The zero-order chi connectivity index (χ0) is 9.97. The third kappa shape index (κ3) is 2.94. The van der Waals surface area contributed by atoms with Gasteiger partial charge in [0.1, 0.15) is 0 Å². The minimum absolute atomic E-state index is 0.439. The summed E-state index contributed by atoms with van der Waals surface area (Å²) in [4.78, 5) is 2.47. The Bertz CT molecular complexity index is 182. The summed E-state index contributed by atoms with van der Waals surface area (Å²) >= 11 is 0. The first-order chi connectivity index (χ1) is 6.78. The summed E-state index contributed by atoms with van der Waals surface area (Å²) in [5, 5.41) is 3.52.